The van der Waals surface area contributed by atoms with E-state index in [9.17, 15) is 4.79 Å². The van der Waals surface area contributed by atoms with Gasteiger partial charge in [-0.1, -0.05) is 12.1 Å². The molecule has 0 spiro atoms. The Hall–Kier alpha value is -1.09. The predicted molar refractivity (Wildman–Crippen MR) is 58.5 cm³/mol. The van der Waals surface area contributed by atoms with Gasteiger partial charge >= 0.3 is 5.97 Å². The molecule has 1 rings (SSSR count). The second-order valence-electron chi connectivity index (χ2n) is 3.29. The van der Waals surface area contributed by atoms with Crippen LogP contribution >= 0.6 is 11.3 Å². The van der Waals surface area contributed by atoms with E-state index in [1.54, 1.807) is 17.4 Å². The Bertz CT molecular complexity index is 316. The van der Waals surface area contributed by atoms with Crippen molar-refractivity contribution in [3.8, 4) is 0 Å². The smallest absolute Gasteiger partial charge is 0.317 e. The summed E-state index contributed by atoms with van der Waals surface area (Å²) in [6.45, 7) is 5.55. The lowest BCUT2D eigenvalue weighted by molar-refractivity contribution is -0.146. The number of hydrogen-bond donors (Lipinski definition) is 0. The highest BCUT2D eigenvalue weighted by Crippen LogP contribution is 2.32. The molecule has 1 atom stereocenters. The summed E-state index contributed by atoms with van der Waals surface area (Å²) in [6.07, 6.45) is 2.34. The number of methoxy groups -OCH3 is 1. The van der Waals surface area contributed by atoms with Gasteiger partial charge in [-0.05, 0) is 24.8 Å². The van der Waals surface area contributed by atoms with Crippen LogP contribution in [0, 0.1) is 0 Å². The number of carbonyl (C=O) groups excluding carboxylic acids is 1. The molecular weight excluding hydrogens is 196 g/mol. The van der Waals surface area contributed by atoms with Crippen LogP contribution in [0.2, 0.25) is 0 Å². The summed E-state index contributed by atoms with van der Waals surface area (Å²) in [7, 11) is 1.41. The molecule has 0 fully saturated rings. The van der Waals surface area contributed by atoms with Crippen molar-refractivity contribution in [3.05, 3.63) is 35.0 Å². The van der Waals surface area contributed by atoms with Gasteiger partial charge in [0.25, 0.3) is 0 Å². The minimum absolute atomic E-state index is 0.208. The van der Waals surface area contributed by atoms with E-state index >= 15 is 0 Å². The summed E-state index contributed by atoms with van der Waals surface area (Å²) >= 11 is 1.56. The van der Waals surface area contributed by atoms with Gasteiger partial charge in [0.1, 0.15) is 5.41 Å². The molecule has 0 bridgehead atoms. The summed E-state index contributed by atoms with van der Waals surface area (Å²) < 4.78 is 4.81. The second kappa shape index (κ2) is 4.42. The molecule has 1 aromatic heterocycles. The van der Waals surface area contributed by atoms with Gasteiger partial charge in [-0.3, -0.25) is 4.79 Å². The van der Waals surface area contributed by atoms with Crippen molar-refractivity contribution >= 4 is 17.3 Å². The summed E-state index contributed by atoms with van der Waals surface area (Å²) in [6, 6.07) is 3.88. The molecule has 14 heavy (non-hydrogen) atoms. The zero-order valence-corrected chi connectivity index (χ0v) is 9.26. The van der Waals surface area contributed by atoms with Gasteiger partial charge in [-0.25, -0.2) is 0 Å². The van der Waals surface area contributed by atoms with Crippen molar-refractivity contribution in [1.82, 2.24) is 0 Å². The molecule has 0 saturated heterocycles. The topological polar surface area (TPSA) is 26.3 Å². The Kier molecular flexibility index (Phi) is 3.47. The number of carbonyl (C=O) groups is 1. The fourth-order valence-corrected chi connectivity index (χ4v) is 2.28. The Morgan fingerprint density at radius 3 is 2.93 bits per heavy atom. The first kappa shape index (κ1) is 11.0. The number of rotatable bonds is 4. The standard InChI is InChI=1S/C11H14O2S/c1-4-7-11(2,10(12)13-3)9-6-5-8-14-9/h4-6,8H,1,7H2,2-3H3. The van der Waals surface area contributed by atoms with Crippen LogP contribution in [-0.4, -0.2) is 13.1 Å². The van der Waals surface area contributed by atoms with Gasteiger partial charge in [0.2, 0.25) is 0 Å². The monoisotopic (exact) mass is 210 g/mol. The van der Waals surface area contributed by atoms with Gasteiger partial charge in [0, 0.05) is 4.88 Å². The Morgan fingerprint density at radius 1 is 1.79 bits per heavy atom. The van der Waals surface area contributed by atoms with Gasteiger partial charge in [0.15, 0.2) is 0 Å². The molecule has 0 aliphatic heterocycles. The number of ether oxygens (including phenoxy) is 1. The zero-order valence-electron chi connectivity index (χ0n) is 8.45. The van der Waals surface area contributed by atoms with E-state index in [1.165, 1.54) is 7.11 Å². The second-order valence-corrected chi connectivity index (χ2v) is 4.24. The number of hydrogen-bond acceptors (Lipinski definition) is 3. The van der Waals surface area contributed by atoms with Gasteiger partial charge in [-0.15, -0.1) is 17.9 Å². The zero-order chi connectivity index (χ0) is 10.6. The molecule has 2 nitrogen and oxygen atoms in total. The average Bonchev–Trinajstić information content (AvgIpc) is 2.70. The highest BCUT2D eigenvalue weighted by Gasteiger charge is 2.35. The van der Waals surface area contributed by atoms with Crippen molar-refractivity contribution in [2.24, 2.45) is 0 Å². The first-order chi connectivity index (χ1) is 6.65. The summed E-state index contributed by atoms with van der Waals surface area (Å²) in [5.74, 6) is -0.208. The lowest BCUT2D eigenvalue weighted by Crippen LogP contribution is -2.32. The van der Waals surface area contributed by atoms with Gasteiger partial charge < -0.3 is 4.74 Å². The molecule has 1 heterocycles. The van der Waals surface area contributed by atoms with Gasteiger partial charge in [-0.2, -0.15) is 0 Å². The van der Waals surface area contributed by atoms with Crippen LogP contribution in [0.4, 0.5) is 0 Å². The van der Waals surface area contributed by atoms with Crippen LogP contribution in [0.25, 0.3) is 0 Å². The molecule has 3 heteroatoms. The summed E-state index contributed by atoms with van der Waals surface area (Å²) in [5, 5.41) is 1.96. The third-order valence-electron chi connectivity index (χ3n) is 2.25. The fraction of sp³-hybridized carbons (Fsp3) is 0.364. The molecule has 0 amide bonds. The van der Waals surface area contributed by atoms with Crippen LogP contribution in [-0.2, 0) is 14.9 Å². The normalized spacial score (nSPS) is 14.4. The SMILES string of the molecule is C=CCC(C)(C(=O)OC)c1cccs1. The number of thiophene rings is 1. The van der Waals surface area contributed by atoms with Crippen molar-refractivity contribution in [2.75, 3.05) is 7.11 Å². The molecule has 0 N–H and O–H groups in total. The Labute approximate surface area is 88.2 Å². The highest BCUT2D eigenvalue weighted by molar-refractivity contribution is 7.10. The fourth-order valence-electron chi connectivity index (χ4n) is 1.39. The van der Waals surface area contributed by atoms with Gasteiger partial charge in [0.05, 0.1) is 7.11 Å². The minimum Gasteiger partial charge on any atom is -0.468 e. The maximum absolute atomic E-state index is 11.7. The first-order valence-electron chi connectivity index (χ1n) is 4.38. The van der Waals surface area contributed by atoms with Crippen LogP contribution in [0.15, 0.2) is 30.2 Å². The van der Waals surface area contributed by atoms with E-state index in [2.05, 4.69) is 6.58 Å². The maximum atomic E-state index is 11.7. The number of esters is 1. The largest absolute Gasteiger partial charge is 0.468 e. The predicted octanol–water partition coefficient (Wildman–Crippen LogP) is 2.75. The van der Waals surface area contributed by atoms with Crippen LogP contribution in [0.5, 0.6) is 0 Å². The summed E-state index contributed by atoms with van der Waals surface area (Å²) in [5.41, 5.74) is -0.579. The molecule has 1 aromatic rings. The molecule has 0 aliphatic carbocycles. The molecular formula is C11H14O2S. The minimum atomic E-state index is -0.579. The van der Waals surface area contributed by atoms with Crippen molar-refractivity contribution in [2.45, 2.75) is 18.8 Å². The van der Waals surface area contributed by atoms with E-state index in [-0.39, 0.29) is 5.97 Å². The molecule has 0 aliphatic rings. The molecule has 76 valence electrons. The van der Waals surface area contributed by atoms with Crippen LogP contribution < -0.4 is 0 Å². The third kappa shape index (κ3) is 1.87. The lowest BCUT2D eigenvalue weighted by atomic mass is 9.85. The van der Waals surface area contributed by atoms with E-state index in [0.29, 0.717) is 6.42 Å². The van der Waals surface area contributed by atoms with E-state index in [4.69, 9.17) is 4.74 Å². The molecule has 0 saturated carbocycles. The molecule has 1 unspecified atom stereocenters. The van der Waals surface area contributed by atoms with E-state index in [1.807, 2.05) is 24.4 Å². The molecule has 0 radical (unpaired) electrons. The maximum Gasteiger partial charge on any atom is 0.317 e. The van der Waals surface area contributed by atoms with E-state index in [0.717, 1.165) is 4.88 Å². The lowest BCUT2D eigenvalue weighted by Gasteiger charge is -2.23. The highest BCUT2D eigenvalue weighted by atomic mass is 32.1. The van der Waals surface area contributed by atoms with Crippen LogP contribution in [0.1, 0.15) is 18.2 Å². The van der Waals surface area contributed by atoms with E-state index < -0.39 is 5.41 Å². The van der Waals surface area contributed by atoms with Crippen molar-refractivity contribution < 1.29 is 9.53 Å². The van der Waals surface area contributed by atoms with Crippen molar-refractivity contribution in [1.29, 1.82) is 0 Å². The molecule has 0 aromatic carbocycles. The van der Waals surface area contributed by atoms with Crippen LogP contribution in [0.3, 0.4) is 0 Å². The third-order valence-corrected chi connectivity index (χ3v) is 3.39. The van der Waals surface area contributed by atoms with Crippen molar-refractivity contribution in [3.63, 3.8) is 0 Å². The summed E-state index contributed by atoms with van der Waals surface area (Å²) in [4.78, 5) is 12.7. The number of allylic oxidation sites excluding steroid dienone is 1. The average molecular weight is 210 g/mol. The first-order valence-corrected chi connectivity index (χ1v) is 5.26. The Balaban J connectivity index is 3.04. The quantitative estimate of drug-likeness (QED) is 0.564. The Morgan fingerprint density at radius 2 is 2.50 bits per heavy atom.